The maximum Gasteiger partial charge on any atom is 0.309 e. The van der Waals surface area contributed by atoms with Gasteiger partial charge in [0.25, 0.3) is 0 Å². The molecule has 1 aliphatic rings. The van der Waals surface area contributed by atoms with E-state index in [0.29, 0.717) is 19.5 Å². The van der Waals surface area contributed by atoms with Gasteiger partial charge in [0.2, 0.25) is 5.91 Å². The molecule has 1 amide bonds. The SMILES string of the molecule is Cc1cccc(NC(=O)CCCN2CC(C(=O)O)C2)c1. The van der Waals surface area contributed by atoms with Crippen molar-refractivity contribution in [2.75, 3.05) is 25.0 Å². The summed E-state index contributed by atoms with van der Waals surface area (Å²) in [6.45, 7) is 3.98. The fourth-order valence-electron chi connectivity index (χ4n) is 2.32. The number of likely N-dealkylation sites (tertiary alicyclic amines) is 1. The topological polar surface area (TPSA) is 69.6 Å². The zero-order valence-electron chi connectivity index (χ0n) is 11.6. The average Bonchev–Trinajstić information content (AvgIpc) is 2.31. The van der Waals surface area contributed by atoms with E-state index < -0.39 is 5.97 Å². The van der Waals surface area contributed by atoms with E-state index in [1.54, 1.807) is 0 Å². The minimum absolute atomic E-state index is 0.00547. The van der Waals surface area contributed by atoms with Crippen molar-refractivity contribution in [3.63, 3.8) is 0 Å². The number of anilines is 1. The van der Waals surface area contributed by atoms with Crippen molar-refractivity contribution >= 4 is 17.6 Å². The summed E-state index contributed by atoms with van der Waals surface area (Å²) in [7, 11) is 0. The highest BCUT2D eigenvalue weighted by molar-refractivity contribution is 5.90. The van der Waals surface area contributed by atoms with Crippen molar-refractivity contribution < 1.29 is 14.7 Å². The Morgan fingerprint density at radius 1 is 1.40 bits per heavy atom. The van der Waals surface area contributed by atoms with Crippen molar-refractivity contribution in [3.05, 3.63) is 29.8 Å². The van der Waals surface area contributed by atoms with Gasteiger partial charge in [0.05, 0.1) is 5.92 Å². The van der Waals surface area contributed by atoms with Gasteiger partial charge in [-0.2, -0.15) is 0 Å². The minimum Gasteiger partial charge on any atom is -0.481 e. The Morgan fingerprint density at radius 3 is 2.80 bits per heavy atom. The summed E-state index contributed by atoms with van der Waals surface area (Å²) >= 11 is 0. The highest BCUT2D eigenvalue weighted by atomic mass is 16.4. The number of aryl methyl sites for hydroxylation is 1. The molecule has 1 fully saturated rings. The molecular formula is C15H20N2O3. The summed E-state index contributed by atoms with van der Waals surface area (Å²) in [5, 5.41) is 11.6. The van der Waals surface area contributed by atoms with Crippen LogP contribution < -0.4 is 5.32 Å². The van der Waals surface area contributed by atoms with E-state index in [9.17, 15) is 9.59 Å². The molecule has 108 valence electrons. The fraction of sp³-hybridized carbons (Fsp3) is 0.467. The van der Waals surface area contributed by atoms with Crippen molar-refractivity contribution in [3.8, 4) is 0 Å². The number of carboxylic acids is 1. The van der Waals surface area contributed by atoms with Gasteiger partial charge in [-0.1, -0.05) is 12.1 Å². The standard InChI is InChI=1S/C15H20N2O3/c1-11-4-2-5-13(8-11)16-14(18)6-3-7-17-9-12(10-17)15(19)20/h2,4-5,8,12H,3,6-7,9-10H2,1H3,(H,16,18)(H,19,20). The van der Waals surface area contributed by atoms with E-state index in [0.717, 1.165) is 24.2 Å². The van der Waals surface area contributed by atoms with E-state index in [-0.39, 0.29) is 11.8 Å². The van der Waals surface area contributed by atoms with Crippen LogP contribution in [0.3, 0.4) is 0 Å². The first-order valence-corrected chi connectivity index (χ1v) is 6.86. The van der Waals surface area contributed by atoms with E-state index in [4.69, 9.17) is 5.11 Å². The second-order valence-electron chi connectivity index (χ2n) is 5.32. The molecule has 2 N–H and O–H groups in total. The van der Waals surface area contributed by atoms with Gasteiger partial charge in [-0.05, 0) is 37.6 Å². The molecule has 1 aromatic rings. The predicted molar refractivity (Wildman–Crippen MR) is 76.6 cm³/mol. The summed E-state index contributed by atoms with van der Waals surface area (Å²) < 4.78 is 0. The summed E-state index contributed by atoms with van der Waals surface area (Å²) in [4.78, 5) is 24.5. The molecule has 0 saturated carbocycles. The number of hydrogen-bond donors (Lipinski definition) is 2. The highest BCUT2D eigenvalue weighted by Crippen LogP contribution is 2.16. The molecule has 0 aromatic heterocycles. The van der Waals surface area contributed by atoms with Crippen LogP contribution in [0.5, 0.6) is 0 Å². The lowest BCUT2D eigenvalue weighted by Gasteiger charge is -2.36. The number of aliphatic carboxylic acids is 1. The first-order chi connectivity index (χ1) is 9.54. The van der Waals surface area contributed by atoms with Gasteiger partial charge in [-0.25, -0.2) is 0 Å². The molecule has 5 heteroatoms. The molecule has 1 aromatic carbocycles. The van der Waals surface area contributed by atoms with Crippen LogP contribution in [0.25, 0.3) is 0 Å². The summed E-state index contributed by atoms with van der Waals surface area (Å²) in [6.07, 6.45) is 1.21. The third kappa shape index (κ3) is 4.06. The Bertz CT molecular complexity index is 496. The van der Waals surface area contributed by atoms with Crippen LogP contribution >= 0.6 is 0 Å². The van der Waals surface area contributed by atoms with Gasteiger partial charge in [0.1, 0.15) is 0 Å². The minimum atomic E-state index is -0.724. The zero-order chi connectivity index (χ0) is 14.5. The molecule has 2 rings (SSSR count). The number of carbonyl (C=O) groups excluding carboxylic acids is 1. The first kappa shape index (κ1) is 14.5. The number of amides is 1. The number of rotatable bonds is 6. The molecule has 20 heavy (non-hydrogen) atoms. The lowest BCUT2D eigenvalue weighted by atomic mass is 10.0. The van der Waals surface area contributed by atoms with Crippen LogP contribution in [0.1, 0.15) is 18.4 Å². The number of carboxylic acid groups (broad SMARTS) is 1. The largest absolute Gasteiger partial charge is 0.481 e. The van der Waals surface area contributed by atoms with E-state index in [2.05, 4.69) is 10.2 Å². The van der Waals surface area contributed by atoms with Crippen molar-refractivity contribution in [2.24, 2.45) is 5.92 Å². The van der Waals surface area contributed by atoms with Gasteiger partial charge in [-0.3, -0.25) is 9.59 Å². The Morgan fingerprint density at radius 2 is 2.15 bits per heavy atom. The molecule has 0 aliphatic carbocycles. The molecule has 0 unspecified atom stereocenters. The lowest BCUT2D eigenvalue weighted by Crippen LogP contribution is -2.50. The zero-order valence-corrected chi connectivity index (χ0v) is 11.6. The van der Waals surface area contributed by atoms with Gasteiger partial charge in [0, 0.05) is 25.2 Å². The Balaban J connectivity index is 1.63. The van der Waals surface area contributed by atoms with Crippen molar-refractivity contribution in [2.45, 2.75) is 19.8 Å². The first-order valence-electron chi connectivity index (χ1n) is 6.86. The Kier molecular flexibility index (Phi) is 4.74. The van der Waals surface area contributed by atoms with Crippen molar-refractivity contribution in [1.29, 1.82) is 0 Å². The monoisotopic (exact) mass is 276 g/mol. The maximum atomic E-state index is 11.8. The molecular weight excluding hydrogens is 256 g/mol. The average molecular weight is 276 g/mol. The maximum absolute atomic E-state index is 11.8. The number of benzene rings is 1. The quantitative estimate of drug-likeness (QED) is 0.830. The second kappa shape index (κ2) is 6.52. The highest BCUT2D eigenvalue weighted by Gasteiger charge is 2.31. The van der Waals surface area contributed by atoms with Gasteiger partial charge in [-0.15, -0.1) is 0 Å². The summed E-state index contributed by atoms with van der Waals surface area (Å²) in [5.74, 6) is -0.944. The molecule has 0 spiro atoms. The number of hydrogen-bond acceptors (Lipinski definition) is 3. The summed E-state index contributed by atoms with van der Waals surface area (Å²) in [6, 6.07) is 7.71. The van der Waals surface area contributed by atoms with Gasteiger partial charge >= 0.3 is 5.97 Å². The van der Waals surface area contributed by atoms with Crippen LogP contribution in [0.2, 0.25) is 0 Å². The molecule has 1 heterocycles. The van der Waals surface area contributed by atoms with Crippen molar-refractivity contribution in [1.82, 2.24) is 4.90 Å². The third-order valence-corrected chi connectivity index (χ3v) is 3.49. The molecule has 5 nitrogen and oxygen atoms in total. The molecule has 0 bridgehead atoms. The smallest absolute Gasteiger partial charge is 0.309 e. The van der Waals surface area contributed by atoms with Crippen LogP contribution in [0.4, 0.5) is 5.69 Å². The van der Waals surface area contributed by atoms with Crippen LogP contribution in [-0.4, -0.2) is 41.5 Å². The Hall–Kier alpha value is -1.88. The molecule has 1 aliphatic heterocycles. The van der Waals surface area contributed by atoms with Gasteiger partial charge in [0.15, 0.2) is 0 Å². The Labute approximate surface area is 118 Å². The van der Waals surface area contributed by atoms with Gasteiger partial charge < -0.3 is 15.3 Å². The number of nitrogens with zero attached hydrogens (tertiary/aromatic N) is 1. The number of nitrogens with one attached hydrogen (secondary N) is 1. The van der Waals surface area contributed by atoms with E-state index in [1.165, 1.54) is 0 Å². The van der Waals surface area contributed by atoms with Crippen LogP contribution in [0.15, 0.2) is 24.3 Å². The van der Waals surface area contributed by atoms with Crippen LogP contribution in [0, 0.1) is 12.8 Å². The third-order valence-electron chi connectivity index (χ3n) is 3.49. The second-order valence-corrected chi connectivity index (χ2v) is 5.32. The van der Waals surface area contributed by atoms with E-state index >= 15 is 0 Å². The van der Waals surface area contributed by atoms with Crippen LogP contribution in [-0.2, 0) is 9.59 Å². The molecule has 0 radical (unpaired) electrons. The number of carbonyl (C=O) groups is 2. The van der Waals surface area contributed by atoms with E-state index in [1.807, 2.05) is 31.2 Å². The predicted octanol–water partition coefficient (Wildman–Crippen LogP) is 1.73. The summed E-state index contributed by atoms with van der Waals surface area (Å²) in [5.41, 5.74) is 1.94. The lowest BCUT2D eigenvalue weighted by molar-refractivity contribution is -0.147. The molecule has 0 atom stereocenters. The fourth-order valence-corrected chi connectivity index (χ4v) is 2.32. The normalized spacial score (nSPS) is 15.7. The molecule has 1 saturated heterocycles.